The summed E-state index contributed by atoms with van der Waals surface area (Å²) < 4.78 is 0. The van der Waals surface area contributed by atoms with Crippen LogP contribution in [0, 0.1) is 17.0 Å². The summed E-state index contributed by atoms with van der Waals surface area (Å²) in [5.74, 6) is -0.195. The minimum Gasteiger partial charge on any atom is -0.478 e. The van der Waals surface area contributed by atoms with Gasteiger partial charge in [0.1, 0.15) is 5.82 Å². The van der Waals surface area contributed by atoms with Crippen molar-refractivity contribution in [2.75, 3.05) is 0 Å². The second-order valence-electron chi connectivity index (χ2n) is 4.45. The molecule has 0 aliphatic carbocycles. The molecule has 112 valence electrons. The van der Waals surface area contributed by atoms with Crippen molar-refractivity contribution in [1.82, 2.24) is 9.97 Å². The zero-order valence-electron chi connectivity index (χ0n) is 11.7. The molecule has 1 aromatic heterocycles. The van der Waals surface area contributed by atoms with Crippen molar-refractivity contribution < 1.29 is 14.8 Å². The predicted molar refractivity (Wildman–Crippen MR) is 80.9 cm³/mol. The molecular weight excluding hydrogens is 286 g/mol. The van der Waals surface area contributed by atoms with E-state index in [1.165, 1.54) is 18.2 Å². The maximum atomic E-state index is 10.4. The van der Waals surface area contributed by atoms with Gasteiger partial charge in [-0.05, 0) is 25.1 Å². The first-order valence-electron chi connectivity index (χ1n) is 6.36. The Balaban J connectivity index is 0.000000162. The molecule has 0 saturated heterocycles. The summed E-state index contributed by atoms with van der Waals surface area (Å²) in [6.45, 7) is 1.96. The van der Waals surface area contributed by atoms with Crippen LogP contribution < -0.4 is 0 Å². The van der Waals surface area contributed by atoms with Crippen LogP contribution in [-0.2, 0) is 0 Å². The lowest BCUT2D eigenvalue weighted by Gasteiger charge is -1.92. The Morgan fingerprint density at radius 2 is 1.95 bits per heavy atom. The van der Waals surface area contributed by atoms with E-state index < -0.39 is 10.9 Å². The molecule has 0 amide bonds. The fraction of sp³-hybridized carbons (Fsp3) is 0.0667. The Bertz CT molecular complexity index is 764. The number of rotatable bonds is 2. The second kappa shape index (κ2) is 6.49. The van der Waals surface area contributed by atoms with Gasteiger partial charge in [0.15, 0.2) is 0 Å². The van der Waals surface area contributed by atoms with Crippen LogP contribution in [0.1, 0.15) is 16.2 Å². The lowest BCUT2D eigenvalue weighted by molar-refractivity contribution is -0.384. The number of aryl methyl sites for hydroxylation is 1. The quantitative estimate of drug-likeness (QED) is 0.558. The Kier molecular flexibility index (Phi) is 4.47. The topological polar surface area (TPSA) is 109 Å². The molecule has 22 heavy (non-hydrogen) atoms. The fourth-order valence-corrected chi connectivity index (χ4v) is 1.83. The van der Waals surface area contributed by atoms with E-state index in [0.717, 1.165) is 22.9 Å². The van der Waals surface area contributed by atoms with Crippen molar-refractivity contribution in [2.45, 2.75) is 6.92 Å². The van der Waals surface area contributed by atoms with Crippen LogP contribution in [0.25, 0.3) is 11.0 Å². The zero-order valence-corrected chi connectivity index (χ0v) is 11.7. The van der Waals surface area contributed by atoms with E-state index >= 15 is 0 Å². The summed E-state index contributed by atoms with van der Waals surface area (Å²) >= 11 is 0. The number of aromatic amines is 1. The first-order chi connectivity index (χ1) is 10.5. The maximum Gasteiger partial charge on any atom is 0.335 e. The number of carbonyl (C=O) groups is 1. The van der Waals surface area contributed by atoms with Crippen LogP contribution in [0.5, 0.6) is 0 Å². The van der Waals surface area contributed by atoms with Crippen molar-refractivity contribution in [1.29, 1.82) is 0 Å². The molecule has 0 bridgehead atoms. The van der Waals surface area contributed by atoms with Crippen molar-refractivity contribution in [3.8, 4) is 0 Å². The molecule has 0 fully saturated rings. The lowest BCUT2D eigenvalue weighted by atomic mass is 10.2. The summed E-state index contributed by atoms with van der Waals surface area (Å²) in [6.07, 6.45) is 0. The largest absolute Gasteiger partial charge is 0.478 e. The van der Waals surface area contributed by atoms with E-state index in [0.29, 0.717) is 0 Å². The van der Waals surface area contributed by atoms with Crippen LogP contribution in [-0.4, -0.2) is 26.0 Å². The van der Waals surface area contributed by atoms with Gasteiger partial charge in [-0.25, -0.2) is 9.78 Å². The molecule has 2 N–H and O–H groups in total. The Morgan fingerprint density at radius 1 is 1.23 bits per heavy atom. The van der Waals surface area contributed by atoms with Crippen molar-refractivity contribution >= 4 is 22.7 Å². The Labute approximate surface area is 125 Å². The number of para-hydroxylation sites is 2. The maximum absolute atomic E-state index is 10.4. The van der Waals surface area contributed by atoms with Crippen molar-refractivity contribution in [2.24, 2.45) is 0 Å². The number of nitro benzene ring substituents is 1. The number of carboxylic acids is 1. The molecular formula is C15H13N3O4. The average molecular weight is 299 g/mol. The molecule has 0 aliphatic rings. The minimum absolute atomic E-state index is 0.0794. The number of hydrogen-bond donors (Lipinski definition) is 2. The SMILES string of the molecule is Cc1nc2ccccc2[nH]1.O=C(O)c1cccc([N+](=O)[O-])c1. The molecule has 3 aromatic rings. The second-order valence-corrected chi connectivity index (χ2v) is 4.45. The van der Waals surface area contributed by atoms with Gasteiger partial charge in [0.25, 0.3) is 5.69 Å². The van der Waals surface area contributed by atoms with Crippen LogP contribution in [0.2, 0.25) is 0 Å². The van der Waals surface area contributed by atoms with Gasteiger partial charge in [-0.2, -0.15) is 0 Å². The van der Waals surface area contributed by atoms with Gasteiger partial charge in [0.05, 0.1) is 21.5 Å². The molecule has 2 aromatic carbocycles. The molecule has 7 heteroatoms. The summed E-state index contributed by atoms with van der Waals surface area (Å²) in [4.78, 5) is 27.3. The number of carboxylic acid groups (broad SMARTS) is 1. The van der Waals surface area contributed by atoms with E-state index in [1.54, 1.807) is 0 Å². The first-order valence-corrected chi connectivity index (χ1v) is 6.36. The van der Waals surface area contributed by atoms with Crippen LogP contribution >= 0.6 is 0 Å². The van der Waals surface area contributed by atoms with Crippen LogP contribution in [0.4, 0.5) is 5.69 Å². The minimum atomic E-state index is -1.17. The highest BCUT2D eigenvalue weighted by molar-refractivity contribution is 5.88. The number of imidazole rings is 1. The monoisotopic (exact) mass is 299 g/mol. The van der Waals surface area contributed by atoms with Crippen molar-refractivity contribution in [3.63, 3.8) is 0 Å². The number of H-pyrrole nitrogens is 1. The van der Waals surface area contributed by atoms with Crippen LogP contribution in [0.15, 0.2) is 48.5 Å². The smallest absolute Gasteiger partial charge is 0.335 e. The highest BCUT2D eigenvalue weighted by atomic mass is 16.6. The fourth-order valence-electron chi connectivity index (χ4n) is 1.83. The van der Waals surface area contributed by atoms with Gasteiger partial charge in [-0.1, -0.05) is 18.2 Å². The number of benzene rings is 2. The number of hydrogen-bond acceptors (Lipinski definition) is 4. The molecule has 1 heterocycles. The Morgan fingerprint density at radius 3 is 2.59 bits per heavy atom. The Hall–Kier alpha value is -3.22. The summed E-state index contributed by atoms with van der Waals surface area (Å²) in [5.41, 5.74) is 1.86. The van der Waals surface area contributed by atoms with Crippen molar-refractivity contribution in [3.05, 3.63) is 70.0 Å². The van der Waals surface area contributed by atoms with E-state index in [9.17, 15) is 14.9 Å². The van der Waals surface area contributed by atoms with E-state index in [4.69, 9.17) is 5.11 Å². The third kappa shape index (κ3) is 3.66. The first kappa shape index (κ1) is 15.2. The number of nitro groups is 1. The van der Waals surface area contributed by atoms with Crippen LogP contribution in [0.3, 0.4) is 0 Å². The molecule has 3 rings (SSSR count). The van der Waals surface area contributed by atoms with Gasteiger partial charge in [-0.3, -0.25) is 10.1 Å². The molecule has 0 spiro atoms. The summed E-state index contributed by atoms with van der Waals surface area (Å²) in [5, 5.41) is 18.7. The molecule has 0 radical (unpaired) electrons. The number of nitrogens with zero attached hydrogens (tertiary/aromatic N) is 2. The standard InChI is InChI=1S/C8H8N2.C7H5NO4/c1-6-9-7-4-2-3-5-8(7)10-6;9-7(10)5-2-1-3-6(4-5)8(11)12/h2-5H,1H3,(H,9,10);1-4H,(H,9,10). The average Bonchev–Trinajstić information content (AvgIpc) is 2.88. The number of aromatic nitrogens is 2. The summed E-state index contributed by atoms with van der Waals surface area (Å²) in [6, 6.07) is 12.9. The number of non-ortho nitro benzene ring substituents is 1. The number of nitrogens with one attached hydrogen (secondary N) is 1. The van der Waals surface area contributed by atoms with Gasteiger partial charge in [0.2, 0.25) is 0 Å². The number of aromatic carboxylic acids is 1. The molecule has 0 unspecified atom stereocenters. The molecule has 0 saturated carbocycles. The molecule has 7 nitrogen and oxygen atoms in total. The third-order valence-corrected chi connectivity index (χ3v) is 2.81. The van der Waals surface area contributed by atoms with E-state index in [2.05, 4.69) is 9.97 Å². The summed E-state index contributed by atoms with van der Waals surface area (Å²) in [7, 11) is 0. The van der Waals surface area contributed by atoms with Gasteiger partial charge in [-0.15, -0.1) is 0 Å². The lowest BCUT2D eigenvalue weighted by Crippen LogP contribution is -1.97. The molecule has 0 atom stereocenters. The van der Waals surface area contributed by atoms with Gasteiger partial charge >= 0.3 is 5.97 Å². The van der Waals surface area contributed by atoms with Gasteiger partial charge in [0, 0.05) is 12.1 Å². The zero-order chi connectivity index (χ0) is 16.1. The van der Waals surface area contributed by atoms with Gasteiger partial charge < -0.3 is 10.1 Å². The predicted octanol–water partition coefficient (Wildman–Crippen LogP) is 3.16. The highest BCUT2D eigenvalue weighted by Gasteiger charge is 2.09. The van der Waals surface area contributed by atoms with E-state index in [1.807, 2.05) is 31.2 Å². The normalized spacial score (nSPS) is 9.86. The highest BCUT2D eigenvalue weighted by Crippen LogP contribution is 2.12. The molecule has 0 aliphatic heterocycles. The number of fused-ring (bicyclic) bond motifs is 1. The van der Waals surface area contributed by atoms with E-state index in [-0.39, 0.29) is 11.3 Å². The third-order valence-electron chi connectivity index (χ3n) is 2.81.